The molecular formula is C31H27N3O5. The van der Waals surface area contributed by atoms with E-state index in [1.165, 1.54) is 4.68 Å². The van der Waals surface area contributed by atoms with Gasteiger partial charge in [-0.3, -0.25) is 4.79 Å². The maximum absolute atomic E-state index is 13.6. The Morgan fingerprint density at radius 3 is 2.56 bits per heavy atom. The molecule has 0 spiro atoms. The lowest BCUT2D eigenvalue weighted by Gasteiger charge is -2.14. The van der Waals surface area contributed by atoms with Crippen molar-refractivity contribution in [3.05, 3.63) is 107 Å². The molecule has 0 aliphatic carbocycles. The zero-order valence-electron chi connectivity index (χ0n) is 21.7. The van der Waals surface area contributed by atoms with Gasteiger partial charge in [0.05, 0.1) is 36.7 Å². The summed E-state index contributed by atoms with van der Waals surface area (Å²) in [5.41, 5.74) is 2.38. The number of benzene rings is 3. The average molecular weight is 522 g/mol. The van der Waals surface area contributed by atoms with E-state index >= 15 is 0 Å². The van der Waals surface area contributed by atoms with Gasteiger partial charge in [-0.2, -0.15) is 9.78 Å². The average Bonchev–Trinajstić information content (AvgIpc) is 3.40. The summed E-state index contributed by atoms with van der Waals surface area (Å²) in [4.78, 5) is 18.4. The molecule has 2 heterocycles. The van der Waals surface area contributed by atoms with Gasteiger partial charge in [-0.15, -0.1) is 6.58 Å². The molecule has 0 saturated carbocycles. The molecule has 0 aliphatic heterocycles. The highest BCUT2D eigenvalue weighted by molar-refractivity contribution is 5.89. The van der Waals surface area contributed by atoms with Gasteiger partial charge in [0.25, 0.3) is 5.56 Å². The molecule has 3 aromatic carbocycles. The smallest absolute Gasteiger partial charge is 0.282 e. The van der Waals surface area contributed by atoms with E-state index in [0.29, 0.717) is 58.1 Å². The molecule has 0 atom stereocenters. The lowest BCUT2D eigenvalue weighted by molar-refractivity contribution is 0.323. The van der Waals surface area contributed by atoms with Crippen LogP contribution in [0, 0.1) is 0 Å². The molecule has 0 radical (unpaired) electrons. The Bertz CT molecular complexity index is 1780. The molecule has 5 aromatic rings. The molecule has 0 aliphatic rings. The second kappa shape index (κ2) is 11.1. The summed E-state index contributed by atoms with van der Waals surface area (Å²) >= 11 is 0. The summed E-state index contributed by atoms with van der Waals surface area (Å²) in [5, 5.41) is 5.77. The van der Waals surface area contributed by atoms with Gasteiger partial charge in [-0.25, -0.2) is 4.98 Å². The summed E-state index contributed by atoms with van der Waals surface area (Å²) in [6.07, 6.45) is 5.58. The number of rotatable bonds is 10. The van der Waals surface area contributed by atoms with Gasteiger partial charge in [0, 0.05) is 5.56 Å². The van der Waals surface area contributed by atoms with Crippen molar-refractivity contribution in [2.75, 3.05) is 20.8 Å². The zero-order valence-corrected chi connectivity index (χ0v) is 21.7. The van der Waals surface area contributed by atoms with Crippen molar-refractivity contribution < 1.29 is 18.6 Å². The maximum atomic E-state index is 13.6. The van der Waals surface area contributed by atoms with E-state index in [-0.39, 0.29) is 11.4 Å². The molecule has 5 rings (SSSR count). The van der Waals surface area contributed by atoms with Crippen LogP contribution in [0.4, 0.5) is 0 Å². The Balaban J connectivity index is 1.68. The molecule has 0 amide bonds. The Morgan fingerprint density at radius 1 is 0.974 bits per heavy atom. The van der Waals surface area contributed by atoms with Crippen LogP contribution in [-0.2, 0) is 6.42 Å². The third-order valence-electron chi connectivity index (χ3n) is 6.12. The highest BCUT2D eigenvalue weighted by Gasteiger charge is 2.18. The SMILES string of the molecule is C=CCOc1c(CC=C)cc(C=Nn2c(-c3cc4c(OC)cccc4o3)nc3ccccc3c2=O)cc1OC. The number of furan rings is 1. The Kier molecular flexibility index (Phi) is 7.27. The number of ether oxygens (including phenoxy) is 3. The van der Waals surface area contributed by atoms with Crippen molar-refractivity contribution in [3.8, 4) is 28.8 Å². The van der Waals surface area contributed by atoms with E-state index in [1.807, 2.05) is 30.3 Å². The van der Waals surface area contributed by atoms with E-state index in [2.05, 4.69) is 18.3 Å². The van der Waals surface area contributed by atoms with Crippen molar-refractivity contribution >= 4 is 28.1 Å². The number of methoxy groups -OCH3 is 2. The third-order valence-corrected chi connectivity index (χ3v) is 6.12. The normalized spacial score (nSPS) is 11.2. The minimum atomic E-state index is -0.330. The number of aromatic nitrogens is 2. The predicted octanol–water partition coefficient (Wildman–Crippen LogP) is 6.00. The molecule has 8 nitrogen and oxygen atoms in total. The second-order valence-corrected chi connectivity index (χ2v) is 8.60. The van der Waals surface area contributed by atoms with Gasteiger partial charge < -0.3 is 18.6 Å². The topological polar surface area (TPSA) is 88.1 Å². The fourth-order valence-corrected chi connectivity index (χ4v) is 4.36. The summed E-state index contributed by atoms with van der Waals surface area (Å²) in [6.45, 7) is 7.89. The first-order valence-corrected chi connectivity index (χ1v) is 12.3. The summed E-state index contributed by atoms with van der Waals surface area (Å²) < 4.78 is 24.3. The zero-order chi connectivity index (χ0) is 27.4. The van der Waals surface area contributed by atoms with Gasteiger partial charge >= 0.3 is 0 Å². The first-order chi connectivity index (χ1) is 19.1. The molecule has 0 N–H and O–H groups in total. The van der Waals surface area contributed by atoms with Gasteiger partial charge in [0.15, 0.2) is 17.3 Å². The largest absolute Gasteiger partial charge is 0.496 e. The lowest BCUT2D eigenvalue weighted by Crippen LogP contribution is -2.20. The van der Waals surface area contributed by atoms with E-state index in [9.17, 15) is 4.79 Å². The monoisotopic (exact) mass is 521 g/mol. The van der Waals surface area contributed by atoms with Crippen molar-refractivity contribution in [3.63, 3.8) is 0 Å². The standard InChI is InChI=1S/C31H27N3O5/c1-5-10-21-16-20(17-27(37-4)29(21)38-15-6-2)19-32-34-30(33-24-12-8-7-11-22(24)31(34)35)28-18-23-25(36-3)13-9-14-26(23)39-28/h5-9,11-14,16-19H,1-2,10,15H2,3-4H3. The number of nitrogens with zero attached hydrogens (tertiary/aromatic N) is 3. The molecule has 0 saturated heterocycles. The minimum absolute atomic E-state index is 0.261. The quantitative estimate of drug-likeness (QED) is 0.165. The van der Waals surface area contributed by atoms with Gasteiger partial charge in [-0.05, 0) is 54.4 Å². The second-order valence-electron chi connectivity index (χ2n) is 8.60. The lowest BCUT2D eigenvalue weighted by atomic mass is 10.1. The fourth-order valence-electron chi connectivity index (χ4n) is 4.36. The van der Waals surface area contributed by atoms with Crippen molar-refractivity contribution in [2.24, 2.45) is 5.10 Å². The molecule has 0 bridgehead atoms. The van der Waals surface area contributed by atoms with Crippen molar-refractivity contribution in [1.29, 1.82) is 0 Å². The maximum Gasteiger partial charge on any atom is 0.282 e. The summed E-state index contributed by atoms with van der Waals surface area (Å²) in [7, 11) is 3.17. The summed E-state index contributed by atoms with van der Waals surface area (Å²) in [5.74, 6) is 2.44. The Hall–Kier alpha value is -5.11. The number of allylic oxidation sites excluding steroid dienone is 1. The van der Waals surface area contributed by atoms with Crippen LogP contribution in [0.1, 0.15) is 11.1 Å². The van der Waals surface area contributed by atoms with E-state index < -0.39 is 0 Å². The molecular weight excluding hydrogens is 494 g/mol. The number of hydrogen-bond acceptors (Lipinski definition) is 7. The molecule has 39 heavy (non-hydrogen) atoms. The molecule has 8 heteroatoms. The van der Waals surface area contributed by atoms with Gasteiger partial charge in [-0.1, -0.05) is 36.9 Å². The first-order valence-electron chi connectivity index (χ1n) is 12.3. The number of para-hydroxylation sites is 1. The van der Waals surface area contributed by atoms with Crippen LogP contribution in [0.15, 0.2) is 100 Å². The van der Waals surface area contributed by atoms with Gasteiger partial charge in [0.1, 0.15) is 17.9 Å². The first kappa shape index (κ1) is 25.5. The van der Waals surface area contributed by atoms with Crippen LogP contribution in [0.25, 0.3) is 33.5 Å². The summed E-state index contributed by atoms with van der Waals surface area (Å²) in [6, 6.07) is 18.1. The van der Waals surface area contributed by atoms with Crippen LogP contribution < -0.4 is 19.8 Å². The molecule has 0 unspecified atom stereocenters. The van der Waals surface area contributed by atoms with Crippen molar-refractivity contribution in [1.82, 2.24) is 9.66 Å². The highest BCUT2D eigenvalue weighted by Crippen LogP contribution is 2.34. The van der Waals surface area contributed by atoms with Crippen LogP contribution in [0.3, 0.4) is 0 Å². The van der Waals surface area contributed by atoms with Gasteiger partial charge in [0.2, 0.25) is 5.82 Å². The van der Waals surface area contributed by atoms with Crippen LogP contribution in [0.5, 0.6) is 17.2 Å². The minimum Gasteiger partial charge on any atom is -0.496 e. The fraction of sp³-hybridized carbons (Fsp3) is 0.129. The Morgan fingerprint density at radius 2 is 1.79 bits per heavy atom. The van der Waals surface area contributed by atoms with Crippen molar-refractivity contribution in [2.45, 2.75) is 6.42 Å². The van der Waals surface area contributed by atoms with Crippen LogP contribution in [0.2, 0.25) is 0 Å². The third kappa shape index (κ3) is 4.92. The number of hydrogen-bond donors (Lipinski definition) is 0. The van der Waals surface area contributed by atoms with E-state index in [4.69, 9.17) is 23.6 Å². The van der Waals surface area contributed by atoms with E-state index in [1.54, 1.807) is 62.9 Å². The van der Waals surface area contributed by atoms with Crippen LogP contribution in [-0.4, -0.2) is 36.7 Å². The highest BCUT2D eigenvalue weighted by atomic mass is 16.5. The predicted molar refractivity (Wildman–Crippen MR) is 153 cm³/mol. The van der Waals surface area contributed by atoms with Crippen LogP contribution >= 0.6 is 0 Å². The Labute approximate surface area is 225 Å². The molecule has 0 fully saturated rings. The molecule has 2 aromatic heterocycles. The molecule has 196 valence electrons. The van der Waals surface area contributed by atoms with E-state index in [0.717, 1.165) is 10.9 Å². The number of fused-ring (bicyclic) bond motifs is 2.